The molecule has 32 heavy (non-hydrogen) atoms. The number of H-pyrrole nitrogens is 1. The molecule has 0 saturated heterocycles. The standard InChI is InChI=1S/C25H30FN3O3/c1-14(2)21(7-4-15-12-28-22-8-5-16(26)10-19(15)22)29-17-11-20-18(25(27)30)6-9-23(31-3)24(20)32-13-17/h5-6,8-10,12,14,17,21,28-29H,4,7,11,13H2,1-3H3,(H2,27,30)/t17-,21?/m1/s1. The molecule has 0 fully saturated rings. The van der Waals surface area contributed by atoms with Crippen molar-refractivity contribution < 1.29 is 18.7 Å². The predicted octanol–water partition coefficient (Wildman–Crippen LogP) is 3.97. The summed E-state index contributed by atoms with van der Waals surface area (Å²) in [5.74, 6) is 0.897. The number of aromatic amines is 1. The minimum absolute atomic E-state index is 0.0421. The summed E-state index contributed by atoms with van der Waals surface area (Å²) in [7, 11) is 1.58. The number of methoxy groups -OCH3 is 1. The molecule has 0 radical (unpaired) electrons. The molecule has 2 aromatic carbocycles. The molecule has 1 unspecified atom stereocenters. The van der Waals surface area contributed by atoms with Crippen molar-refractivity contribution in [3.8, 4) is 11.5 Å². The summed E-state index contributed by atoms with van der Waals surface area (Å²) < 4.78 is 25.1. The number of rotatable bonds is 8. The Morgan fingerprint density at radius 2 is 2.16 bits per heavy atom. The number of aromatic nitrogens is 1. The lowest BCUT2D eigenvalue weighted by molar-refractivity contribution is 0.0997. The Kier molecular flexibility index (Phi) is 6.37. The second-order valence-corrected chi connectivity index (χ2v) is 8.76. The second kappa shape index (κ2) is 9.20. The first kappa shape index (κ1) is 22.1. The molecule has 2 heterocycles. The number of aryl methyl sites for hydroxylation is 1. The number of amides is 1. The summed E-state index contributed by atoms with van der Waals surface area (Å²) in [5, 5.41) is 4.65. The molecule has 1 aliphatic rings. The Labute approximate surface area is 187 Å². The van der Waals surface area contributed by atoms with E-state index in [9.17, 15) is 9.18 Å². The maximum Gasteiger partial charge on any atom is 0.249 e. The maximum atomic E-state index is 13.7. The van der Waals surface area contributed by atoms with Crippen molar-refractivity contribution >= 4 is 16.8 Å². The van der Waals surface area contributed by atoms with Crippen LogP contribution in [0.5, 0.6) is 11.5 Å². The molecule has 0 spiro atoms. The van der Waals surface area contributed by atoms with Gasteiger partial charge in [-0.05, 0) is 61.1 Å². The number of primary amides is 1. The zero-order valence-electron chi connectivity index (χ0n) is 18.7. The van der Waals surface area contributed by atoms with Crippen LogP contribution in [0.4, 0.5) is 4.39 Å². The number of benzene rings is 2. The first-order chi connectivity index (χ1) is 15.4. The van der Waals surface area contributed by atoms with Gasteiger partial charge in [-0.25, -0.2) is 4.39 Å². The number of ether oxygens (including phenoxy) is 2. The molecule has 1 aromatic heterocycles. The first-order valence-electron chi connectivity index (χ1n) is 11.0. The summed E-state index contributed by atoms with van der Waals surface area (Å²) >= 11 is 0. The van der Waals surface area contributed by atoms with Crippen molar-refractivity contribution in [2.24, 2.45) is 11.7 Å². The Hall–Kier alpha value is -3.06. The molecular weight excluding hydrogens is 409 g/mol. The smallest absolute Gasteiger partial charge is 0.249 e. The van der Waals surface area contributed by atoms with Crippen LogP contribution in [0.25, 0.3) is 10.9 Å². The van der Waals surface area contributed by atoms with Gasteiger partial charge in [0.05, 0.1) is 7.11 Å². The number of nitrogens with one attached hydrogen (secondary N) is 2. The van der Waals surface area contributed by atoms with Crippen molar-refractivity contribution in [2.45, 2.75) is 45.2 Å². The SMILES string of the molecule is COc1ccc(C(N)=O)c2c1OC[C@H](NC(CCc1c[nH]c3ccc(F)cc13)C(C)C)C2. The van der Waals surface area contributed by atoms with Crippen LogP contribution in [-0.4, -0.2) is 36.7 Å². The van der Waals surface area contributed by atoms with Crippen molar-refractivity contribution in [1.82, 2.24) is 10.3 Å². The zero-order valence-corrected chi connectivity index (χ0v) is 18.7. The monoisotopic (exact) mass is 439 g/mol. The zero-order chi connectivity index (χ0) is 22.8. The van der Waals surface area contributed by atoms with E-state index in [0.717, 1.165) is 34.9 Å². The van der Waals surface area contributed by atoms with Crippen molar-refractivity contribution in [3.63, 3.8) is 0 Å². The molecule has 3 aromatic rings. The maximum absolute atomic E-state index is 13.7. The van der Waals surface area contributed by atoms with Gasteiger partial charge in [0.15, 0.2) is 11.5 Å². The molecule has 0 aliphatic carbocycles. The fraction of sp³-hybridized carbons (Fsp3) is 0.400. The Bertz CT molecular complexity index is 1130. The summed E-state index contributed by atoms with van der Waals surface area (Å²) in [6.45, 7) is 4.84. The summed E-state index contributed by atoms with van der Waals surface area (Å²) in [6.07, 6.45) is 4.31. The van der Waals surface area contributed by atoms with Crippen molar-refractivity contribution in [2.75, 3.05) is 13.7 Å². The average molecular weight is 440 g/mol. The lowest BCUT2D eigenvalue weighted by atomic mass is 9.92. The van der Waals surface area contributed by atoms with Crippen LogP contribution >= 0.6 is 0 Å². The second-order valence-electron chi connectivity index (χ2n) is 8.76. The molecule has 4 rings (SSSR count). The molecule has 2 atom stereocenters. The Morgan fingerprint density at radius 3 is 2.88 bits per heavy atom. The largest absolute Gasteiger partial charge is 0.493 e. The average Bonchev–Trinajstić information content (AvgIpc) is 3.17. The number of hydrogen-bond acceptors (Lipinski definition) is 4. The van der Waals surface area contributed by atoms with E-state index in [1.165, 1.54) is 6.07 Å². The van der Waals surface area contributed by atoms with Crippen LogP contribution in [0.2, 0.25) is 0 Å². The molecule has 7 heteroatoms. The van der Waals surface area contributed by atoms with Crippen molar-refractivity contribution in [1.29, 1.82) is 0 Å². The predicted molar refractivity (Wildman–Crippen MR) is 123 cm³/mol. The van der Waals surface area contributed by atoms with E-state index >= 15 is 0 Å². The van der Waals surface area contributed by atoms with Crippen LogP contribution < -0.4 is 20.5 Å². The minimum Gasteiger partial charge on any atom is -0.493 e. The third-order valence-corrected chi connectivity index (χ3v) is 6.30. The quantitative estimate of drug-likeness (QED) is 0.496. The highest BCUT2D eigenvalue weighted by atomic mass is 19.1. The first-order valence-corrected chi connectivity index (χ1v) is 11.0. The van der Waals surface area contributed by atoms with Crippen molar-refractivity contribution in [3.05, 3.63) is 59.0 Å². The van der Waals surface area contributed by atoms with Crippen LogP contribution in [0.3, 0.4) is 0 Å². The fourth-order valence-corrected chi connectivity index (χ4v) is 4.54. The molecule has 0 saturated carbocycles. The van der Waals surface area contributed by atoms with Crippen LogP contribution in [0, 0.1) is 11.7 Å². The fourth-order valence-electron chi connectivity index (χ4n) is 4.54. The third kappa shape index (κ3) is 4.43. The number of carbonyl (C=O) groups excluding carboxylic acids is 1. The topological polar surface area (TPSA) is 89.4 Å². The van der Waals surface area contributed by atoms with E-state index in [4.69, 9.17) is 15.2 Å². The molecule has 0 bridgehead atoms. The van der Waals surface area contributed by atoms with Gasteiger partial charge in [-0.3, -0.25) is 4.79 Å². The van der Waals surface area contributed by atoms with Gasteiger partial charge in [-0.2, -0.15) is 0 Å². The van der Waals surface area contributed by atoms with Gasteiger partial charge in [-0.1, -0.05) is 13.8 Å². The van der Waals surface area contributed by atoms with Gasteiger partial charge < -0.3 is 25.5 Å². The highest BCUT2D eigenvalue weighted by molar-refractivity contribution is 5.95. The molecule has 170 valence electrons. The summed E-state index contributed by atoms with van der Waals surface area (Å²) in [5.41, 5.74) is 8.91. The van der Waals surface area contributed by atoms with Crippen LogP contribution in [0.15, 0.2) is 36.5 Å². The number of halogens is 1. The van der Waals surface area contributed by atoms with Gasteiger partial charge >= 0.3 is 0 Å². The Balaban J connectivity index is 1.48. The number of nitrogens with two attached hydrogens (primary N) is 1. The number of carbonyl (C=O) groups is 1. The normalized spacial score (nSPS) is 16.6. The van der Waals surface area contributed by atoms with E-state index in [0.29, 0.717) is 36.0 Å². The van der Waals surface area contributed by atoms with Gasteiger partial charge in [0.1, 0.15) is 12.4 Å². The van der Waals surface area contributed by atoms with E-state index in [1.807, 2.05) is 6.20 Å². The number of fused-ring (bicyclic) bond motifs is 2. The van der Waals surface area contributed by atoms with E-state index in [2.05, 4.69) is 24.1 Å². The Morgan fingerprint density at radius 1 is 1.34 bits per heavy atom. The van der Waals surface area contributed by atoms with E-state index < -0.39 is 5.91 Å². The van der Waals surface area contributed by atoms with Crippen LogP contribution in [-0.2, 0) is 12.8 Å². The van der Waals surface area contributed by atoms with Gasteiger partial charge in [-0.15, -0.1) is 0 Å². The molecule has 4 N–H and O–H groups in total. The van der Waals surface area contributed by atoms with E-state index in [1.54, 1.807) is 31.4 Å². The molecule has 1 amide bonds. The highest BCUT2D eigenvalue weighted by Gasteiger charge is 2.29. The minimum atomic E-state index is -0.472. The van der Waals surface area contributed by atoms with Gasteiger partial charge in [0, 0.05) is 40.3 Å². The number of hydrogen-bond donors (Lipinski definition) is 3. The molecule has 1 aliphatic heterocycles. The summed E-state index contributed by atoms with van der Waals surface area (Å²) in [6, 6.07) is 8.51. The highest BCUT2D eigenvalue weighted by Crippen LogP contribution is 2.37. The molecular formula is C25H30FN3O3. The van der Waals surface area contributed by atoms with Crippen LogP contribution in [0.1, 0.15) is 41.8 Å². The third-order valence-electron chi connectivity index (χ3n) is 6.30. The van der Waals surface area contributed by atoms with Gasteiger partial charge in [0.2, 0.25) is 5.91 Å². The molecule has 6 nitrogen and oxygen atoms in total. The lowest BCUT2D eigenvalue weighted by Gasteiger charge is -2.33. The summed E-state index contributed by atoms with van der Waals surface area (Å²) in [4.78, 5) is 15.2. The van der Waals surface area contributed by atoms with Gasteiger partial charge in [0.25, 0.3) is 0 Å². The lowest BCUT2D eigenvalue weighted by Crippen LogP contribution is -2.47. The van der Waals surface area contributed by atoms with E-state index in [-0.39, 0.29) is 17.9 Å².